The molecule has 0 spiro atoms. The van der Waals surface area contributed by atoms with Gasteiger partial charge in [0.2, 0.25) is 5.88 Å². The molecule has 22 heavy (non-hydrogen) atoms. The van der Waals surface area contributed by atoms with Crippen molar-refractivity contribution in [1.29, 1.82) is 0 Å². The first-order valence-corrected chi connectivity index (χ1v) is 7.28. The van der Waals surface area contributed by atoms with Crippen LogP contribution in [0, 0.1) is 6.92 Å². The van der Waals surface area contributed by atoms with E-state index in [4.69, 9.17) is 10.5 Å². The second-order valence-electron chi connectivity index (χ2n) is 5.36. The first-order valence-electron chi connectivity index (χ1n) is 7.28. The molecule has 5 heteroatoms. The molecule has 0 saturated heterocycles. The number of hydrogen-bond acceptors (Lipinski definition) is 3. The van der Waals surface area contributed by atoms with E-state index in [0.717, 1.165) is 11.3 Å². The Morgan fingerprint density at radius 3 is 2.55 bits per heavy atom. The number of rotatable bonds is 5. The highest BCUT2D eigenvalue weighted by molar-refractivity contribution is 5.92. The number of nitrogens with two attached hydrogens (primary N) is 1. The summed E-state index contributed by atoms with van der Waals surface area (Å²) in [6, 6.07) is 11.8. The number of nitrogens with one attached hydrogen (secondary N) is 1. The van der Waals surface area contributed by atoms with Crippen LogP contribution in [0.1, 0.15) is 25.0 Å². The molecule has 0 aliphatic rings. The van der Waals surface area contributed by atoms with Gasteiger partial charge in [0.05, 0.1) is 12.6 Å². The van der Waals surface area contributed by atoms with Crippen molar-refractivity contribution in [3.05, 3.63) is 53.7 Å². The van der Waals surface area contributed by atoms with Crippen LogP contribution < -0.4 is 15.8 Å². The van der Waals surface area contributed by atoms with Gasteiger partial charge in [0, 0.05) is 18.0 Å². The molecule has 0 saturated carbocycles. The van der Waals surface area contributed by atoms with E-state index in [-0.39, 0.29) is 6.10 Å². The van der Waals surface area contributed by atoms with Gasteiger partial charge in [-0.1, -0.05) is 23.8 Å². The quantitative estimate of drug-likeness (QED) is 0.657. The largest absolute Gasteiger partial charge is 0.475 e. The Bertz CT molecular complexity index is 618. The normalized spacial score (nSPS) is 11.5. The van der Waals surface area contributed by atoms with Gasteiger partial charge in [-0.25, -0.2) is 9.98 Å². The Kier molecular flexibility index (Phi) is 5.36. The standard InChI is InChI=1S/C17H22N4O/c1-12(2)22-16-9-6-14(10-19-16)11-20-17(18)21-15-7-4-13(3)5-8-15/h4-10,12H,11H2,1-3H3,(H3,18,20,21). The highest BCUT2D eigenvalue weighted by Crippen LogP contribution is 2.11. The number of ether oxygens (including phenoxy) is 1. The lowest BCUT2D eigenvalue weighted by Crippen LogP contribution is -2.22. The summed E-state index contributed by atoms with van der Waals surface area (Å²) in [7, 11) is 0. The highest BCUT2D eigenvalue weighted by atomic mass is 16.5. The van der Waals surface area contributed by atoms with Gasteiger partial charge >= 0.3 is 0 Å². The lowest BCUT2D eigenvalue weighted by molar-refractivity contribution is 0.232. The lowest BCUT2D eigenvalue weighted by Gasteiger charge is -2.08. The maximum absolute atomic E-state index is 5.88. The molecule has 0 bridgehead atoms. The Hall–Kier alpha value is -2.56. The molecule has 0 fully saturated rings. The Balaban J connectivity index is 1.91. The van der Waals surface area contributed by atoms with Crippen molar-refractivity contribution in [3.8, 4) is 5.88 Å². The minimum atomic E-state index is 0.116. The van der Waals surface area contributed by atoms with Gasteiger partial charge < -0.3 is 15.8 Å². The molecule has 0 atom stereocenters. The van der Waals surface area contributed by atoms with Crippen molar-refractivity contribution in [2.45, 2.75) is 33.4 Å². The van der Waals surface area contributed by atoms with Gasteiger partial charge in [0.25, 0.3) is 0 Å². The summed E-state index contributed by atoms with van der Waals surface area (Å²) in [6.45, 7) is 6.45. The van der Waals surface area contributed by atoms with Gasteiger partial charge in [0.1, 0.15) is 0 Å². The predicted molar refractivity (Wildman–Crippen MR) is 90.1 cm³/mol. The topological polar surface area (TPSA) is 72.5 Å². The molecule has 116 valence electrons. The maximum Gasteiger partial charge on any atom is 0.213 e. The number of guanidine groups is 1. The van der Waals surface area contributed by atoms with E-state index < -0.39 is 0 Å². The number of pyridine rings is 1. The summed E-state index contributed by atoms with van der Waals surface area (Å²) >= 11 is 0. The zero-order valence-electron chi connectivity index (χ0n) is 13.2. The number of nitrogens with zero attached hydrogens (tertiary/aromatic N) is 2. The monoisotopic (exact) mass is 298 g/mol. The fourth-order valence-electron chi connectivity index (χ4n) is 1.82. The third-order valence-electron chi connectivity index (χ3n) is 2.91. The molecular weight excluding hydrogens is 276 g/mol. The molecule has 2 rings (SSSR count). The smallest absolute Gasteiger partial charge is 0.213 e. The molecule has 0 aliphatic heterocycles. The summed E-state index contributed by atoms with van der Waals surface area (Å²) in [5.74, 6) is 1.000. The zero-order valence-corrected chi connectivity index (χ0v) is 13.2. The fourth-order valence-corrected chi connectivity index (χ4v) is 1.82. The van der Waals surface area contributed by atoms with Gasteiger partial charge in [-0.05, 0) is 38.5 Å². The van der Waals surface area contributed by atoms with Crippen LogP contribution in [0.3, 0.4) is 0 Å². The minimum absolute atomic E-state index is 0.116. The van der Waals surface area contributed by atoms with E-state index in [9.17, 15) is 0 Å². The highest BCUT2D eigenvalue weighted by Gasteiger charge is 2.00. The fraction of sp³-hybridized carbons (Fsp3) is 0.294. The zero-order chi connectivity index (χ0) is 15.9. The van der Waals surface area contributed by atoms with Crippen molar-refractivity contribution in [1.82, 2.24) is 4.98 Å². The van der Waals surface area contributed by atoms with E-state index in [0.29, 0.717) is 18.4 Å². The third kappa shape index (κ3) is 5.09. The molecule has 1 aromatic carbocycles. The Labute approximate surface area is 131 Å². The minimum Gasteiger partial charge on any atom is -0.475 e. The molecular formula is C17H22N4O. The van der Waals surface area contributed by atoms with Gasteiger partial charge in [0.15, 0.2) is 5.96 Å². The molecule has 0 aliphatic carbocycles. The summed E-state index contributed by atoms with van der Waals surface area (Å²) in [5.41, 5.74) is 8.98. The molecule has 2 aromatic rings. The van der Waals surface area contributed by atoms with E-state index in [1.54, 1.807) is 6.20 Å². The van der Waals surface area contributed by atoms with Gasteiger partial charge in [-0.15, -0.1) is 0 Å². The Morgan fingerprint density at radius 2 is 1.95 bits per heavy atom. The van der Waals surface area contributed by atoms with Crippen molar-refractivity contribution >= 4 is 11.6 Å². The molecule has 0 amide bonds. The second-order valence-corrected chi connectivity index (χ2v) is 5.36. The number of aliphatic imine (C=N–C) groups is 1. The number of aromatic nitrogens is 1. The van der Waals surface area contributed by atoms with Crippen LogP contribution in [-0.2, 0) is 6.54 Å². The molecule has 1 aromatic heterocycles. The number of anilines is 1. The summed E-state index contributed by atoms with van der Waals surface area (Å²) in [4.78, 5) is 8.54. The van der Waals surface area contributed by atoms with Crippen LogP contribution in [0.2, 0.25) is 0 Å². The molecule has 0 unspecified atom stereocenters. The van der Waals surface area contributed by atoms with E-state index >= 15 is 0 Å². The van der Waals surface area contributed by atoms with Crippen molar-refractivity contribution in [3.63, 3.8) is 0 Å². The summed E-state index contributed by atoms with van der Waals surface area (Å²) < 4.78 is 5.50. The van der Waals surface area contributed by atoms with Crippen molar-refractivity contribution in [2.75, 3.05) is 5.32 Å². The van der Waals surface area contributed by atoms with Gasteiger partial charge in [-0.2, -0.15) is 0 Å². The summed E-state index contributed by atoms with van der Waals surface area (Å²) in [6.07, 6.45) is 1.87. The predicted octanol–water partition coefficient (Wildman–Crippen LogP) is 3.10. The van der Waals surface area contributed by atoms with Crippen molar-refractivity contribution in [2.24, 2.45) is 10.7 Å². The van der Waals surface area contributed by atoms with Crippen LogP contribution in [0.4, 0.5) is 5.69 Å². The molecule has 1 heterocycles. The SMILES string of the molecule is Cc1ccc(NC(N)=NCc2ccc(OC(C)C)nc2)cc1. The first kappa shape index (κ1) is 15.8. The average molecular weight is 298 g/mol. The molecule has 0 radical (unpaired) electrons. The number of aryl methyl sites for hydroxylation is 1. The second kappa shape index (κ2) is 7.45. The molecule has 5 nitrogen and oxygen atoms in total. The summed E-state index contributed by atoms with van der Waals surface area (Å²) in [5, 5.41) is 3.06. The van der Waals surface area contributed by atoms with Crippen LogP contribution in [0.25, 0.3) is 0 Å². The van der Waals surface area contributed by atoms with E-state index in [2.05, 4.69) is 15.3 Å². The van der Waals surface area contributed by atoms with Crippen LogP contribution >= 0.6 is 0 Å². The number of benzene rings is 1. The average Bonchev–Trinajstić information content (AvgIpc) is 2.48. The third-order valence-corrected chi connectivity index (χ3v) is 2.91. The Morgan fingerprint density at radius 1 is 1.23 bits per heavy atom. The van der Waals surface area contributed by atoms with E-state index in [1.165, 1.54) is 5.56 Å². The number of hydrogen-bond donors (Lipinski definition) is 2. The van der Waals surface area contributed by atoms with E-state index in [1.807, 2.05) is 57.2 Å². The first-order chi connectivity index (χ1) is 10.5. The lowest BCUT2D eigenvalue weighted by atomic mass is 10.2. The molecule has 3 N–H and O–H groups in total. The van der Waals surface area contributed by atoms with Gasteiger partial charge in [-0.3, -0.25) is 0 Å². The maximum atomic E-state index is 5.88. The van der Waals surface area contributed by atoms with Crippen LogP contribution in [0.5, 0.6) is 5.88 Å². The van der Waals surface area contributed by atoms with Crippen LogP contribution in [0.15, 0.2) is 47.6 Å². The van der Waals surface area contributed by atoms with Crippen molar-refractivity contribution < 1.29 is 4.74 Å². The van der Waals surface area contributed by atoms with Crippen LogP contribution in [-0.4, -0.2) is 17.0 Å².